The Morgan fingerprint density at radius 3 is 2.45 bits per heavy atom. The lowest BCUT2D eigenvalue weighted by Gasteiger charge is -2.41. The van der Waals surface area contributed by atoms with Crippen molar-refractivity contribution in [2.24, 2.45) is 0 Å². The van der Waals surface area contributed by atoms with Gasteiger partial charge in [0.15, 0.2) is 0 Å². The maximum Gasteiger partial charge on any atom is 0.410 e. The SMILES string of the molecule is O=C(OCC1c2ccccc2-c2ccccc21)N1CCC[C@]12C=C[C@@H]1CCCN1C2=O. The highest BCUT2D eigenvalue weighted by molar-refractivity contribution is 5.94. The van der Waals surface area contributed by atoms with Gasteiger partial charge in [-0.3, -0.25) is 9.69 Å². The third-order valence-corrected chi connectivity index (χ3v) is 7.50. The number of fused-ring (bicyclic) bond motifs is 4. The first-order valence-corrected chi connectivity index (χ1v) is 11.3. The van der Waals surface area contributed by atoms with Crippen molar-refractivity contribution in [2.45, 2.75) is 43.2 Å². The summed E-state index contributed by atoms with van der Waals surface area (Å²) >= 11 is 0. The standard InChI is InChI=1S/C26H26N2O3/c29-24-26(14-12-18-7-5-15-27(18)24)13-6-16-28(26)25(30)31-17-23-21-10-3-1-8-19(21)20-9-2-4-11-22(20)23/h1-4,8-12,14,18,23H,5-7,13,15-17H2/t18-,26+/m0/s1. The number of carbonyl (C=O) groups is 2. The Morgan fingerprint density at radius 1 is 1.00 bits per heavy atom. The highest BCUT2D eigenvalue weighted by atomic mass is 16.6. The summed E-state index contributed by atoms with van der Waals surface area (Å²) in [4.78, 5) is 30.2. The lowest BCUT2D eigenvalue weighted by Crippen LogP contribution is -2.60. The van der Waals surface area contributed by atoms with Gasteiger partial charge < -0.3 is 9.64 Å². The lowest BCUT2D eigenvalue weighted by molar-refractivity contribution is -0.140. The second kappa shape index (κ2) is 6.98. The molecule has 0 bridgehead atoms. The van der Waals surface area contributed by atoms with Crippen molar-refractivity contribution >= 4 is 12.0 Å². The maximum absolute atomic E-state index is 13.4. The van der Waals surface area contributed by atoms with Crippen LogP contribution in [0.15, 0.2) is 60.7 Å². The summed E-state index contributed by atoms with van der Waals surface area (Å²) in [5.41, 5.74) is 3.95. The number of carbonyl (C=O) groups excluding carboxylic acids is 2. The Bertz CT molecular complexity index is 1050. The highest BCUT2D eigenvalue weighted by Crippen LogP contribution is 2.45. The quantitative estimate of drug-likeness (QED) is 0.688. The van der Waals surface area contributed by atoms with Crippen LogP contribution >= 0.6 is 0 Å². The molecule has 3 heterocycles. The fourth-order valence-electron chi connectivity index (χ4n) is 6.00. The molecule has 5 heteroatoms. The molecular formula is C26H26N2O3. The molecule has 1 aliphatic carbocycles. The van der Waals surface area contributed by atoms with Gasteiger partial charge in [-0.05, 0) is 47.9 Å². The average Bonchev–Trinajstić information content (AvgIpc) is 3.52. The summed E-state index contributed by atoms with van der Waals surface area (Å²) in [6.07, 6.45) is 7.27. The van der Waals surface area contributed by atoms with Crippen LogP contribution in [0.4, 0.5) is 4.79 Å². The second-order valence-electron chi connectivity index (χ2n) is 9.05. The van der Waals surface area contributed by atoms with Crippen molar-refractivity contribution in [1.82, 2.24) is 9.80 Å². The van der Waals surface area contributed by atoms with Gasteiger partial charge in [-0.15, -0.1) is 0 Å². The Kier molecular flexibility index (Phi) is 4.20. The zero-order valence-electron chi connectivity index (χ0n) is 17.5. The number of amides is 2. The molecule has 0 saturated carbocycles. The van der Waals surface area contributed by atoms with Crippen molar-refractivity contribution < 1.29 is 14.3 Å². The Balaban J connectivity index is 1.24. The van der Waals surface area contributed by atoms with Gasteiger partial charge in [0.05, 0.1) is 6.04 Å². The van der Waals surface area contributed by atoms with E-state index in [9.17, 15) is 9.59 Å². The molecule has 4 aliphatic rings. The number of hydrogen-bond acceptors (Lipinski definition) is 3. The number of benzene rings is 2. The largest absolute Gasteiger partial charge is 0.448 e. The summed E-state index contributed by atoms with van der Waals surface area (Å²) in [6.45, 7) is 1.63. The van der Waals surface area contributed by atoms with E-state index < -0.39 is 5.54 Å². The van der Waals surface area contributed by atoms with Crippen molar-refractivity contribution in [3.63, 3.8) is 0 Å². The molecule has 2 atom stereocenters. The predicted molar refractivity (Wildman–Crippen MR) is 118 cm³/mol. The van der Waals surface area contributed by atoms with E-state index in [0.717, 1.165) is 25.8 Å². The van der Waals surface area contributed by atoms with E-state index in [2.05, 4.69) is 30.3 Å². The molecule has 3 aliphatic heterocycles. The minimum absolute atomic E-state index is 0.0236. The summed E-state index contributed by atoms with van der Waals surface area (Å²) in [7, 11) is 0. The van der Waals surface area contributed by atoms with E-state index in [0.29, 0.717) is 13.0 Å². The fraction of sp³-hybridized carbons (Fsp3) is 0.385. The summed E-state index contributed by atoms with van der Waals surface area (Å²) < 4.78 is 5.89. The molecule has 0 unspecified atom stereocenters. The first kappa shape index (κ1) is 18.7. The zero-order valence-corrected chi connectivity index (χ0v) is 17.5. The van der Waals surface area contributed by atoms with Gasteiger partial charge in [0.2, 0.25) is 0 Å². The first-order valence-electron chi connectivity index (χ1n) is 11.3. The van der Waals surface area contributed by atoms with Crippen LogP contribution in [-0.2, 0) is 9.53 Å². The topological polar surface area (TPSA) is 49.9 Å². The first-order chi connectivity index (χ1) is 15.2. The van der Waals surface area contributed by atoms with Gasteiger partial charge in [-0.1, -0.05) is 60.7 Å². The normalized spacial score (nSPS) is 26.3. The van der Waals surface area contributed by atoms with Crippen LogP contribution in [-0.4, -0.2) is 53.1 Å². The van der Waals surface area contributed by atoms with Gasteiger partial charge in [0, 0.05) is 19.0 Å². The Morgan fingerprint density at radius 2 is 1.71 bits per heavy atom. The summed E-state index contributed by atoms with van der Waals surface area (Å²) in [6, 6.07) is 16.9. The number of nitrogens with zero attached hydrogens (tertiary/aromatic N) is 2. The second-order valence-corrected chi connectivity index (χ2v) is 9.05. The molecule has 5 nitrogen and oxygen atoms in total. The van der Waals surface area contributed by atoms with E-state index in [4.69, 9.17) is 4.74 Å². The monoisotopic (exact) mass is 414 g/mol. The molecule has 2 aromatic rings. The minimum atomic E-state index is -0.858. The summed E-state index contributed by atoms with van der Waals surface area (Å²) in [5.74, 6) is 0.0963. The molecule has 0 radical (unpaired) electrons. The van der Waals surface area contributed by atoms with Crippen molar-refractivity contribution in [3.8, 4) is 11.1 Å². The van der Waals surface area contributed by atoms with Gasteiger partial charge in [-0.2, -0.15) is 0 Å². The van der Waals surface area contributed by atoms with Crippen LogP contribution in [0.5, 0.6) is 0 Å². The summed E-state index contributed by atoms with van der Waals surface area (Å²) in [5, 5.41) is 0. The predicted octanol–water partition coefficient (Wildman–Crippen LogP) is 4.33. The van der Waals surface area contributed by atoms with Crippen molar-refractivity contribution in [1.29, 1.82) is 0 Å². The Labute approximate surface area is 182 Å². The van der Waals surface area contributed by atoms with Crippen LogP contribution in [0.1, 0.15) is 42.7 Å². The van der Waals surface area contributed by atoms with E-state index in [1.807, 2.05) is 35.2 Å². The molecule has 31 heavy (non-hydrogen) atoms. The van der Waals surface area contributed by atoms with Crippen LogP contribution < -0.4 is 0 Å². The van der Waals surface area contributed by atoms with E-state index in [1.165, 1.54) is 22.3 Å². The zero-order chi connectivity index (χ0) is 21.0. The molecule has 0 N–H and O–H groups in total. The van der Waals surface area contributed by atoms with Gasteiger partial charge in [0.1, 0.15) is 12.1 Å². The molecule has 6 rings (SSSR count). The molecule has 2 aromatic carbocycles. The average molecular weight is 415 g/mol. The van der Waals surface area contributed by atoms with Crippen molar-refractivity contribution in [3.05, 3.63) is 71.8 Å². The van der Waals surface area contributed by atoms with Crippen LogP contribution in [0, 0.1) is 0 Å². The molecule has 2 saturated heterocycles. The van der Waals surface area contributed by atoms with Gasteiger partial charge in [-0.25, -0.2) is 4.79 Å². The number of ether oxygens (including phenoxy) is 1. The fourth-order valence-corrected chi connectivity index (χ4v) is 6.00. The number of likely N-dealkylation sites (tertiary alicyclic amines) is 1. The van der Waals surface area contributed by atoms with E-state index in [1.54, 1.807) is 4.90 Å². The molecule has 2 fully saturated rings. The number of rotatable bonds is 2. The van der Waals surface area contributed by atoms with Crippen LogP contribution in [0.25, 0.3) is 11.1 Å². The molecule has 1 spiro atoms. The smallest absolute Gasteiger partial charge is 0.410 e. The van der Waals surface area contributed by atoms with Crippen LogP contribution in [0.3, 0.4) is 0 Å². The van der Waals surface area contributed by atoms with E-state index in [-0.39, 0.29) is 30.6 Å². The lowest BCUT2D eigenvalue weighted by atomic mass is 9.89. The number of hydrogen-bond donors (Lipinski definition) is 0. The van der Waals surface area contributed by atoms with Gasteiger partial charge >= 0.3 is 6.09 Å². The third-order valence-electron chi connectivity index (χ3n) is 7.50. The molecular weight excluding hydrogens is 388 g/mol. The molecule has 0 aromatic heterocycles. The minimum Gasteiger partial charge on any atom is -0.448 e. The maximum atomic E-state index is 13.4. The van der Waals surface area contributed by atoms with Crippen LogP contribution in [0.2, 0.25) is 0 Å². The molecule has 2 amide bonds. The van der Waals surface area contributed by atoms with E-state index >= 15 is 0 Å². The molecule has 158 valence electrons. The van der Waals surface area contributed by atoms with Crippen molar-refractivity contribution in [2.75, 3.05) is 19.7 Å². The highest BCUT2D eigenvalue weighted by Gasteiger charge is 2.53. The van der Waals surface area contributed by atoms with Gasteiger partial charge in [0.25, 0.3) is 5.91 Å². The third kappa shape index (κ3) is 2.68. The Hall–Kier alpha value is -3.08.